The first-order valence-electron chi connectivity index (χ1n) is 10.4. The summed E-state index contributed by atoms with van der Waals surface area (Å²) >= 11 is 0. The van der Waals surface area contributed by atoms with Crippen molar-refractivity contribution in [2.24, 2.45) is 0 Å². The number of hydrogen-bond acceptors (Lipinski definition) is 6. The molecule has 0 spiro atoms. The fraction of sp³-hybridized carbons (Fsp3) is 0.333. The number of aromatic hydroxyl groups is 1. The van der Waals surface area contributed by atoms with E-state index in [1.54, 1.807) is 14.2 Å². The van der Waals surface area contributed by atoms with E-state index in [0.29, 0.717) is 23.7 Å². The Morgan fingerprint density at radius 3 is 2.25 bits per heavy atom. The van der Waals surface area contributed by atoms with Gasteiger partial charge in [0.05, 0.1) is 31.5 Å². The van der Waals surface area contributed by atoms with E-state index in [2.05, 4.69) is 10.3 Å². The van der Waals surface area contributed by atoms with Crippen LogP contribution in [0.2, 0.25) is 0 Å². The minimum atomic E-state index is -0.686. The largest absolute Gasteiger partial charge is 0.494 e. The van der Waals surface area contributed by atoms with Crippen LogP contribution in [0, 0.1) is 20.8 Å². The number of H-pyrrole nitrogens is 1. The van der Waals surface area contributed by atoms with Crippen LogP contribution in [0.1, 0.15) is 39.4 Å². The van der Waals surface area contributed by atoms with Crippen molar-refractivity contribution in [3.05, 3.63) is 78.5 Å². The van der Waals surface area contributed by atoms with Crippen molar-refractivity contribution in [2.75, 3.05) is 20.8 Å². The highest BCUT2D eigenvalue weighted by Gasteiger charge is 2.30. The fourth-order valence-electron chi connectivity index (χ4n) is 4.67. The van der Waals surface area contributed by atoms with Crippen LogP contribution in [-0.4, -0.2) is 35.4 Å². The molecule has 0 unspecified atom stereocenters. The first-order valence-corrected chi connectivity index (χ1v) is 10.4. The maximum absolute atomic E-state index is 12.9. The SMILES string of the molecule is COc1cc2c(cc1OC)[C@H](c1c(O)n(-c3c(C)cc(C)cc3C)c(=O)[nH]c1=O)NCC2. The Hall–Kier alpha value is -3.52. The van der Waals surface area contributed by atoms with Crippen LogP contribution in [0.5, 0.6) is 17.4 Å². The lowest BCUT2D eigenvalue weighted by Gasteiger charge is -2.29. The number of nitrogens with one attached hydrogen (secondary N) is 2. The van der Waals surface area contributed by atoms with E-state index in [-0.39, 0.29) is 11.4 Å². The number of benzene rings is 2. The normalized spacial score (nSPS) is 15.3. The van der Waals surface area contributed by atoms with Crippen LogP contribution in [0.15, 0.2) is 33.9 Å². The first kappa shape index (κ1) is 21.7. The molecule has 0 bridgehead atoms. The van der Waals surface area contributed by atoms with Gasteiger partial charge in [0.1, 0.15) is 0 Å². The van der Waals surface area contributed by atoms with E-state index in [4.69, 9.17) is 9.47 Å². The van der Waals surface area contributed by atoms with Gasteiger partial charge >= 0.3 is 5.69 Å². The van der Waals surface area contributed by atoms with Crippen molar-refractivity contribution in [1.82, 2.24) is 14.9 Å². The van der Waals surface area contributed by atoms with Crippen molar-refractivity contribution in [3.8, 4) is 23.1 Å². The molecule has 0 amide bonds. The van der Waals surface area contributed by atoms with Crippen molar-refractivity contribution in [1.29, 1.82) is 0 Å². The van der Waals surface area contributed by atoms with Crippen molar-refractivity contribution in [3.63, 3.8) is 0 Å². The molecule has 3 N–H and O–H groups in total. The molecule has 8 heteroatoms. The summed E-state index contributed by atoms with van der Waals surface area (Å²) in [5, 5.41) is 14.6. The summed E-state index contributed by atoms with van der Waals surface area (Å²) < 4.78 is 12.0. The Morgan fingerprint density at radius 1 is 1.00 bits per heavy atom. The Labute approximate surface area is 185 Å². The Bertz CT molecular complexity index is 1300. The van der Waals surface area contributed by atoms with Gasteiger partial charge in [-0.05, 0) is 61.6 Å². The molecule has 168 valence electrons. The van der Waals surface area contributed by atoms with Crippen molar-refractivity contribution < 1.29 is 14.6 Å². The summed E-state index contributed by atoms with van der Waals surface area (Å²) in [5.41, 5.74) is 3.77. The molecule has 1 aliphatic rings. The number of aryl methyl sites for hydroxylation is 3. The molecule has 1 aromatic heterocycles. The van der Waals surface area contributed by atoms with Gasteiger partial charge < -0.3 is 19.9 Å². The number of hydrogen-bond donors (Lipinski definition) is 3. The first-order chi connectivity index (χ1) is 15.3. The molecule has 1 aliphatic heterocycles. The molecule has 0 aliphatic carbocycles. The molecule has 0 fully saturated rings. The predicted molar refractivity (Wildman–Crippen MR) is 122 cm³/mol. The quantitative estimate of drug-likeness (QED) is 0.579. The van der Waals surface area contributed by atoms with E-state index < -0.39 is 17.3 Å². The van der Waals surface area contributed by atoms with Gasteiger partial charge in [0.25, 0.3) is 5.56 Å². The number of ether oxygens (including phenoxy) is 2. The third-order valence-corrected chi connectivity index (χ3v) is 5.97. The minimum absolute atomic E-state index is 0.0807. The second-order valence-electron chi connectivity index (χ2n) is 8.12. The van der Waals surface area contributed by atoms with Gasteiger partial charge in [0, 0.05) is 6.54 Å². The number of aromatic amines is 1. The van der Waals surface area contributed by atoms with Gasteiger partial charge in [-0.3, -0.25) is 9.78 Å². The highest BCUT2D eigenvalue weighted by molar-refractivity contribution is 5.55. The van der Waals surface area contributed by atoms with E-state index in [1.807, 2.05) is 45.0 Å². The van der Waals surface area contributed by atoms with Crippen LogP contribution in [-0.2, 0) is 6.42 Å². The van der Waals surface area contributed by atoms with E-state index in [1.165, 1.54) is 4.57 Å². The topological polar surface area (TPSA) is 106 Å². The molecular weight excluding hydrogens is 410 g/mol. The second kappa shape index (κ2) is 8.20. The Morgan fingerprint density at radius 2 is 1.62 bits per heavy atom. The lowest BCUT2D eigenvalue weighted by Crippen LogP contribution is -2.39. The molecule has 4 rings (SSSR count). The Kier molecular flexibility index (Phi) is 5.56. The van der Waals surface area contributed by atoms with E-state index >= 15 is 0 Å². The summed E-state index contributed by atoms with van der Waals surface area (Å²) in [6.07, 6.45) is 0.723. The van der Waals surface area contributed by atoms with Crippen LogP contribution < -0.4 is 26.0 Å². The fourth-order valence-corrected chi connectivity index (χ4v) is 4.67. The monoisotopic (exact) mass is 437 g/mol. The van der Waals surface area contributed by atoms with Gasteiger partial charge in [-0.25, -0.2) is 9.36 Å². The molecule has 0 saturated carbocycles. The smallest absolute Gasteiger partial charge is 0.335 e. The number of methoxy groups -OCH3 is 2. The molecule has 2 aromatic carbocycles. The Balaban J connectivity index is 1.98. The van der Waals surface area contributed by atoms with E-state index in [9.17, 15) is 14.7 Å². The summed E-state index contributed by atoms with van der Waals surface area (Å²) in [6.45, 7) is 6.30. The lowest BCUT2D eigenvalue weighted by atomic mass is 9.90. The zero-order valence-corrected chi connectivity index (χ0v) is 18.8. The summed E-state index contributed by atoms with van der Waals surface area (Å²) in [6, 6.07) is 6.94. The van der Waals surface area contributed by atoms with Crippen LogP contribution in [0.25, 0.3) is 5.69 Å². The minimum Gasteiger partial charge on any atom is -0.494 e. The zero-order chi connectivity index (χ0) is 23.2. The molecule has 1 atom stereocenters. The number of fused-ring (bicyclic) bond motifs is 1. The number of aromatic nitrogens is 2. The maximum atomic E-state index is 12.9. The molecule has 8 nitrogen and oxygen atoms in total. The van der Waals surface area contributed by atoms with Gasteiger partial charge in [0.15, 0.2) is 11.5 Å². The van der Waals surface area contributed by atoms with E-state index in [0.717, 1.165) is 34.2 Å². The molecule has 2 heterocycles. The molecule has 0 saturated heterocycles. The van der Waals surface area contributed by atoms with Gasteiger partial charge in [-0.15, -0.1) is 0 Å². The standard InChI is InChI=1S/C24H27N3O5/c1-12-8-13(2)21(14(3)9-12)27-23(29)19(22(28)26-24(27)30)20-16-11-18(32-5)17(31-4)10-15(16)6-7-25-20/h8-11,20,25,29H,6-7H2,1-5H3,(H,26,28,30)/t20-/m1/s1. The van der Waals surface area contributed by atoms with Crippen LogP contribution in [0.4, 0.5) is 0 Å². The van der Waals surface area contributed by atoms with Crippen LogP contribution in [0.3, 0.4) is 0 Å². The summed E-state index contributed by atoms with van der Waals surface area (Å²) in [7, 11) is 3.12. The molecule has 32 heavy (non-hydrogen) atoms. The molecule has 3 aromatic rings. The van der Waals surface area contributed by atoms with Gasteiger partial charge in [-0.2, -0.15) is 0 Å². The van der Waals surface area contributed by atoms with Gasteiger partial charge in [0.2, 0.25) is 5.88 Å². The number of nitrogens with zero attached hydrogens (tertiary/aromatic N) is 1. The summed E-state index contributed by atoms with van der Waals surface area (Å²) in [5.74, 6) is 0.740. The van der Waals surface area contributed by atoms with Crippen molar-refractivity contribution in [2.45, 2.75) is 33.2 Å². The highest BCUT2D eigenvalue weighted by atomic mass is 16.5. The highest BCUT2D eigenvalue weighted by Crippen LogP contribution is 2.38. The van der Waals surface area contributed by atoms with Crippen molar-refractivity contribution >= 4 is 0 Å². The third-order valence-electron chi connectivity index (χ3n) is 5.97. The molecule has 0 radical (unpaired) electrons. The molecular formula is C24H27N3O5. The third kappa shape index (κ3) is 3.46. The average molecular weight is 437 g/mol. The average Bonchev–Trinajstić information content (AvgIpc) is 2.74. The summed E-state index contributed by atoms with van der Waals surface area (Å²) in [4.78, 5) is 28.1. The number of rotatable bonds is 4. The predicted octanol–water partition coefficient (Wildman–Crippen LogP) is 2.41. The maximum Gasteiger partial charge on any atom is 0.335 e. The zero-order valence-electron chi connectivity index (χ0n) is 18.8. The lowest BCUT2D eigenvalue weighted by molar-refractivity contribution is 0.352. The van der Waals surface area contributed by atoms with Crippen LogP contribution >= 0.6 is 0 Å². The van der Waals surface area contributed by atoms with Gasteiger partial charge in [-0.1, -0.05) is 17.7 Å². The second-order valence-corrected chi connectivity index (χ2v) is 8.12.